The zero-order chi connectivity index (χ0) is 60.5. The second-order valence-electron chi connectivity index (χ2n) is 24.5. The summed E-state index contributed by atoms with van der Waals surface area (Å²) in [6.07, 6.45) is 93.6. The van der Waals surface area contributed by atoms with Crippen LogP contribution in [-0.2, 0) is 18.4 Å². The molecule has 0 saturated carbocycles. The standard InChI is InChI=1S/C74H133N2O6P/c1-6-8-10-12-14-16-18-20-22-24-26-28-30-32-34-36-37-38-40-41-43-45-47-49-51-53-55-57-59-61-63-65-67-73(77)72(71-82-83(79,80)81-70-69-76(3,4)5)75-74(78)68-66-64-62-60-58-56-54-52-50-48-46-44-42-39-35-33-31-29-27-25-23-21-19-17-15-13-11-9-7-2/h9,11,15,17,21,23,27,29,33,35,42,44,48,50,57,59,65,67,72-73,77H,6-8,10,12-14,16,18-20,22,24-26,28,30-32,34,36-41,43,45-47,49,51-56,58,60-64,66,68-71H2,1-5H3,(H-,75,78,79,80)/b11-9-,17-15-,23-21-,29-27-,35-33-,44-42-,50-48-,59-57+,67-65+. The van der Waals surface area contributed by atoms with Crippen molar-refractivity contribution in [3.63, 3.8) is 0 Å². The molecule has 0 aromatic carbocycles. The van der Waals surface area contributed by atoms with Crippen LogP contribution >= 0.6 is 7.82 Å². The Labute approximate surface area is 514 Å². The van der Waals surface area contributed by atoms with Gasteiger partial charge in [0.2, 0.25) is 5.91 Å². The fourth-order valence-electron chi connectivity index (χ4n) is 9.86. The molecule has 0 heterocycles. The zero-order valence-corrected chi connectivity index (χ0v) is 55.8. The number of phosphoric ester groups is 1. The predicted octanol–water partition coefficient (Wildman–Crippen LogP) is 21.6. The van der Waals surface area contributed by atoms with Crippen LogP contribution in [-0.4, -0.2) is 68.5 Å². The molecule has 1 amide bonds. The van der Waals surface area contributed by atoms with E-state index in [1.807, 2.05) is 27.2 Å². The molecule has 0 saturated heterocycles. The highest BCUT2D eigenvalue weighted by molar-refractivity contribution is 7.45. The SMILES string of the molecule is CC/C=C\C/C=C\C/C=C\C/C=C\C/C=C\C/C=C\C/C=C\CCCCCCCCCC(=O)NC(COP(=O)([O-])OCC[N+](C)(C)C)C(O)/C=C/CC/C=C/CCCCCCCCCCCCCCCCCCCCCCCCCCCC. The zero-order valence-electron chi connectivity index (χ0n) is 54.9. The largest absolute Gasteiger partial charge is 0.756 e. The number of hydrogen-bond acceptors (Lipinski definition) is 6. The highest BCUT2D eigenvalue weighted by Gasteiger charge is 2.23. The molecule has 2 N–H and O–H groups in total. The molecule has 0 aromatic rings. The average Bonchev–Trinajstić information content (AvgIpc) is 3.50. The van der Waals surface area contributed by atoms with Crippen LogP contribution in [0.1, 0.15) is 303 Å². The lowest BCUT2D eigenvalue weighted by molar-refractivity contribution is -0.870. The maximum absolute atomic E-state index is 13.0. The van der Waals surface area contributed by atoms with Crippen molar-refractivity contribution < 1.29 is 32.9 Å². The number of allylic oxidation sites excluding steroid dienone is 17. The van der Waals surface area contributed by atoms with Gasteiger partial charge in [0.05, 0.1) is 39.9 Å². The van der Waals surface area contributed by atoms with Crippen LogP contribution in [0, 0.1) is 0 Å². The molecule has 3 unspecified atom stereocenters. The van der Waals surface area contributed by atoms with E-state index < -0.39 is 26.6 Å². The summed E-state index contributed by atoms with van der Waals surface area (Å²) in [7, 11) is 1.23. The van der Waals surface area contributed by atoms with Gasteiger partial charge in [-0.3, -0.25) is 9.36 Å². The van der Waals surface area contributed by atoms with Gasteiger partial charge in [-0.05, 0) is 89.9 Å². The van der Waals surface area contributed by atoms with Gasteiger partial charge in [-0.2, -0.15) is 0 Å². The molecule has 0 bridgehead atoms. The van der Waals surface area contributed by atoms with Gasteiger partial charge in [0, 0.05) is 6.42 Å². The molecule has 480 valence electrons. The van der Waals surface area contributed by atoms with Gasteiger partial charge in [0.25, 0.3) is 7.82 Å². The van der Waals surface area contributed by atoms with Crippen molar-refractivity contribution in [1.29, 1.82) is 0 Å². The molecule has 83 heavy (non-hydrogen) atoms. The number of amides is 1. The van der Waals surface area contributed by atoms with Crippen LogP contribution in [0.4, 0.5) is 0 Å². The molecule has 9 heteroatoms. The van der Waals surface area contributed by atoms with Crippen LogP contribution in [0.25, 0.3) is 0 Å². The third-order valence-electron chi connectivity index (χ3n) is 15.2. The maximum atomic E-state index is 13.0. The second-order valence-corrected chi connectivity index (χ2v) is 25.9. The first-order chi connectivity index (χ1) is 40.5. The molecule has 0 aromatic heterocycles. The predicted molar refractivity (Wildman–Crippen MR) is 362 cm³/mol. The molecular formula is C74H133N2O6P. The molecule has 0 fully saturated rings. The highest BCUT2D eigenvalue weighted by atomic mass is 31.2. The minimum Gasteiger partial charge on any atom is -0.756 e. The van der Waals surface area contributed by atoms with Crippen LogP contribution in [0.15, 0.2) is 109 Å². The number of carbonyl (C=O) groups is 1. The normalized spacial score (nSPS) is 14.3. The van der Waals surface area contributed by atoms with Gasteiger partial charge in [-0.15, -0.1) is 0 Å². The van der Waals surface area contributed by atoms with Crippen LogP contribution in [0.2, 0.25) is 0 Å². The lowest BCUT2D eigenvalue weighted by Crippen LogP contribution is -2.45. The summed E-state index contributed by atoms with van der Waals surface area (Å²) in [5.41, 5.74) is 0. The lowest BCUT2D eigenvalue weighted by Gasteiger charge is -2.29. The smallest absolute Gasteiger partial charge is 0.268 e. The summed E-state index contributed by atoms with van der Waals surface area (Å²) in [5, 5.41) is 13.9. The van der Waals surface area contributed by atoms with Gasteiger partial charge >= 0.3 is 0 Å². The molecule has 0 aliphatic rings. The van der Waals surface area contributed by atoms with Crippen molar-refractivity contribution in [2.45, 2.75) is 315 Å². The Bertz CT molecular complexity index is 1720. The second kappa shape index (κ2) is 63.7. The minimum atomic E-state index is -4.62. The molecule has 0 rings (SSSR count). The molecule has 0 spiro atoms. The average molecular weight is 1180 g/mol. The summed E-state index contributed by atoms with van der Waals surface area (Å²) < 4.78 is 23.4. The molecule has 0 aliphatic heterocycles. The van der Waals surface area contributed by atoms with Crippen molar-refractivity contribution in [3.8, 4) is 0 Å². The van der Waals surface area contributed by atoms with Crippen molar-refractivity contribution in [2.24, 2.45) is 0 Å². The number of quaternary nitrogens is 1. The summed E-state index contributed by atoms with van der Waals surface area (Å²) in [6.45, 7) is 4.53. The number of likely N-dealkylation sites (N-methyl/N-ethyl adjacent to an activating group) is 1. The molecule has 8 nitrogen and oxygen atoms in total. The van der Waals surface area contributed by atoms with Crippen LogP contribution < -0.4 is 10.2 Å². The van der Waals surface area contributed by atoms with Gasteiger partial charge in [-0.25, -0.2) is 0 Å². The fourth-order valence-corrected chi connectivity index (χ4v) is 10.6. The Morgan fingerprint density at radius 3 is 1.12 bits per heavy atom. The van der Waals surface area contributed by atoms with E-state index in [-0.39, 0.29) is 12.5 Å². The van der Waals surface area contributed by atoms with Gasteiger partial charge in [0.1, 0.15) is 13.2 Å². The van der Waals surface area contributed by atoms with Gasteiger partial charge in [0.15, 0.2) is 0 Å². The lowest BCUT2D eigenvalue weighted by atomic mass is 10.0. The van der Waals surface area contributed by atoms with E-state index in [2.05, 4.69) is 116 Å². The van der Waals surface area contributed by atoms with Crippen molar-refractivity contribution in [1.82, 2.24) is 5.32 Å². The summed E-state index contributed by atoms with van der Waals surface area (Å²) in [4.78, 5) is 25.6. The monoisotopic (exact) mass is 1180 g/mol. The summed E-state index contributed by atoms with van der Waals surface area (Å²) in [5.74, 6) is -0.220. The van der Waals surface area contributed by atoms with Crippen molar-refractivity contribution in [2.75, 3.05) is 40.9 Å². The van der Waals surface area contributed by atoms with E-state index in [1.54, 1.807) is 6.08 Å². The first kappa shape index (κ1) is 80.2. The maximum Gasteiger partial charge on any atom is 0.268 e. The number of carbonyl (C=O) groups excluding carboxylic acids is 1. The van der Waals surface area contributed by atoms with E-state index in [1.165, 1.54) is 186 Å². The number of aliphatic hydroxyl groups is 1. The molecule has 0 radical (unpaired) electrons. The van der Waals surface area contributed by atoms with E-state index >= 15 is 0 Å². The number of unbranched alkanes of at least 4 members (excludes halogenated alkanes) is 34. The minimum absolute atomic E-state index is 0.0141. The molecule has 0 aliphatic carbocycles. The van der Waals surface area contributed by atoms with Crippen molar-refractivity contribution in [3.05, 3.63) is 109 Å². The number of hydrogen-bond donors (Lipinski definition) is 2. The topological polar surface area (TPSA) is 108 Å². The number of nitrogens with one attached hydrogen (secondary N) is 1. The van der Waals surface area contributed by atoms with Gasteiger partial charge < -0.3 is 28.8 Å². The number of phosphoric acid groups is 1. The molecule has 3 atom stereocenters. The number of aliphatic hydroxyl groups excluding tert-OH is 1. The van der Waals surface area contributed by atoms with Crippen LogP contribution in [0.5, 0.6) is 0 Å². The quantitative estimate of drug-likeness (QED) is 0.0272. The summed E-state index contributed by atoms with van der Waals surface area (Å²) >= 11 is 0. The van der Waals surface area contributed by atoms with Crippen molar-refractivity contribution >= 4 is 13.7 Å². The Hall–Kier alpha value is -2.84. The van der Waals surface area contributed by atoms with Gasteiger partial charge in [-0.1, -0.05) is 316 Å². The third-order valence-corrected chi connectivity index (χ3v) is 16.2. The van der Waals surface area contributed by atoms with E-state index in [0.717, 1.165) is 96.3 Å². The number of rotatable bonds is 63. The Morgan fingerprint density at radius 1 is 0.434 bits per heavy atom. The van der Waals surface area contributed by atoms with E-state index in [9.17, 15) is 19.4 Å². The molecular weight excluding hydrogens is 1040 g/mol. The third kappa shape index (κ3) is 66.5. The van der Waals surface area contributed by atoms with E-state index in [0.29, 0.717) is 17.4 Å². The number of nitrogens with zero attached hydrogens (tertiary/aromatic N) is 1. The first-order valence-electron chi connectivity index (χ1n) is 34.7. The summed E-state index contributed by atoms with van der Waals surface area (Å²) in [6, 6.07) is -0.920. The first-order valence-corrected chi connectivity index (χ1v) is 36.2. The Kier molecular flexibility index (Phi) is 61.5. The van der Waals surface area contributed by atoms with Crippen LogP contribution in [0.3, 0.4) is 0 Å². The Balaban J connectivity index is 4.17. The fraction of sp³-hybridized carbons (Fsp3) is 0.743. The van der Waals surface area contributed by atoms with E-state index in [4.69, 9.17) is 9.05 Å². The Morgan fingerprint density at radius 2 is 0.747 bits per heavy atom. The highest BCUT2D eigenvalue weighted by Crippen LogP contribution is 2.38.